The minimum atomic E-state index is -0.268. The number of hydrogen-bond acceptors (Lipinski definition) is 2. The lowest BCUT2D eigenvalue weighted by molar-refractivity contribution is -0.131. The number of nitrogens with zero attached hydrogens (tertiary/aromatic N) is 1. The molecule has 0 radical (unpaired) electrons. The van der Waals surface area contributed by atoms with Crippen LogP contribution in [-0.2, 0) is 16.1 Å². The maximum atomic E-state index is 13.1. The van der Waals surface area contributed by atoms with Gasteiger partial charge in [0.05, 0.1) is 0 Å². The van der Waals surface area contributed by atoms with Crippen LogP contribution in [0.25, 0.3) is 0 Å². The van der Waals surface area contributed by atoms with Gasteiger partial charge in [0, 0.05) is 33.2 Å². The second-order valence-electron chi connectivity index (χ2n) is 4.13. The highest BCUT2D eigenvalue weighted by Gasteiger charge is 2.11. The maximum Gasteiger partial charge on any atom is 0.222 e. The Morgan fingerprint density at radius 1 is 1.44 bits per heavy atom. The van der Waals surface area contributed by atoms with Crippen LogP contribution in [0.5, 0.6) is 0 Å². The zero-order valence-electron chi connectivity index (χ0n) is 11.0. The van der Waals surface area contributed by atoms with Crippen molar-refractivity contribution >= 4 is 5.91 Å². The predicted octanol–water partition coefficient (Wildman–Crippen LogP) is 2.60. The van der Waals surface area contributed by atoms with Crippen molar-refractivity contribution < 1.29 is 13.9 Å². The molecule has 0 saturated carbocycles. The average Bonchev–Trinajstić information content (AvgIpc) is 2.36. The summed E-state index contributed by atoms with van der Waals surface area (Å²) in [6.45, 7) is 3.60. The zero-order chi connectivity index (χ0) is 13.4. The highest BCUT2D eigenvalue weighted by atomic mass is 19.1. The molecule has 0 atom stereocenters. The number of benzene rings is 1. The molecule has 0 heterocycles. The van der Waals surface area contributed by atoms with Crippen LogP contribution >= 0.6 is 0 Å². The Morgan fingerprint density at radius 3 is 2.83 bits per heavy atom. The first-order chi connectivity index (χ1) is 8.67. The van der Waals surface area contributed by atoms with E-state index < -0.39 is 0 Å². The Labute approximate surface area is 108 Å². The van der Waals surface area contributed by atoms with Crippen LogP contribution in [0.15, 0.2) is 24.3 Å². The minimum absolute atomic E-state index is 0.0822. The summed E-state index contributed by atoms with van der Waals surface area (Å²) in [6.07, 6.45) is 1.19. The van der Waals surface area contributed by atoms with Gasteiger partial charge in [-0.1, -0.05) is 12.1 Å². The molecule has 1 rings (SSSR count). The highest BCUT2D eigenvalue weighted by Crippen LogP contribution is 2.09. The molecule has 1 amide bonds. The van der Waals surface area contributed by atoms with E-state index in [-0.39, 0.29) is 11.7 Å². The van der Waals surface area contributed by atoms with Crippen molar-refractivity contribution in [1.29, 1.82) is 0 Å². The third-order valence-corrected chi connectivity index (χ3v) is 2.74. The van der Waals surface area contributed by atoms with Crippen molar-refractivity contribution in [3.8, 4) is 0 Å². The number of carbonyl (C=O) groups excluding carboxylic acids is 1. The summed E-state index contributed by atoms with van der Waals surface area (Å²) in [5, 5.41) is 0. The van der Waals surface area contributed by atoms with E-state index >= 15 is 0 Å². The molecular weight excluding hydrogens is 233 g/mol. The number of carbonyl (C=O) groups is 1. The molecule has 1 aromatic rings. The first kappa shape index (κ1) is 14.6. The summed E-state index contributed by atoms with van der Waals surface area (Å²) in [6, 6.07) is 6.35. The lowest BCUT2D eigenvalue weighted by Crippen LogP contribution is -2.30. The minimum Gasteiger partial charge on any atom is -0.385 e. The SMILES string of the molecule is CCN(Cc1cccc(F)c1)C(=O)CCCOC. The van der Waals surface area contributed by atoms with Gasteiger partial charge in [0.25, 0.3) is 0 Å². The van der Waals surface area contributed by atoms with Gasteiger partial charge in [0.1, 0.15) is 5.82 Å². The number of halogens is 1. The topological polar surface area (TPSA) is 29.5 Å². The van der Waals surface area contributed by atoms with Crippen LogP contribution in [0, 0.1) is 5.82 Å². The van der Waals surface area contributed by atoms with Gasteiger partial charge in [-0.25, -0.2) is 4.39 Å². The lowest BCUT2D eigenvalue weighted by Gasteiger charge is -2.21. The van der Waals surface area contributed by atoms with Gasteiger partial charge in [-0.3, -0.25) is 4.79 Å². The van der Waals surface area contributed by atoms with Crippen molar-refractivity contribution in [1.82, 2.24) is 4.90 Å². The van der Waals surface area contributed by atoms with Crippen molar-refractivity contribution in [2.24, 2.45) is 0 Å². The van der Waals surface area contributed by atoms with Crippen LogP contribution in [-0.4, -0.2) is 31.1 Å². The number of hydrogen-bond donors (Lipinski definition) is 0. The number of ether oxygens (including phenoxy) is 1. The molecule has 0 aliphatic heterocycles. The van der Waals surface area contributed by atoms with Crippen LogP contribution in [0.1, 0.15) is 25.3 Å². The molecule has 0 spiro atoms. The molecule has 3 nitrogen and oxygen atoms in total. The van der Waals surface area contributed by atoms with Crippen LogP contribution in [0.3, 0.4) is 0 Å². The smallest absolute Gasteiger partial charge is 0.222 e. The fraction of sp³-hybridized carbons (Fsp3) is 0.500. The summed E-state index contributed by atoms with van der Waals surface area (Å²) >= 11 is 0. The third-order valence-electron chi connectivity index (χ3n) is 2.74. The molecule has 1 aromatic carbocycles. The lowest BCUT2D eigenvalue weighted by atomic mass is 10.2. The third kappa shape index (κ3) is 4.84. The average molecular weight is 253 g/mol. The Morgan fingerprint density at radius 2 is 2.22 bits per heavy atom. The number of rotatable bonds is 7. The summed E-state index contributed by atoms with van der Waals surface area (Å²) in [5.74, 6) is -0.186. The van der Waals surface area contributed by atoms with Gasteiger partial charge in [-0.05, 0) is 31.0 Å². The molecule has 100 valence electrons. The summed E-state index contributed by atoms with van der Waals surface area (Å²) < 4.78 is 18.0. The first-order valence-electron chi connectivity index (χ1n) is 6.18. The molecule has 18 heavy (non-hydrogen) atoms. The van der Waals surface area contributed by atoms with Crippen LogP contribution < -0.4 is 0 Å². The summed E-state index contributed by atoms with van der Waals surface area (Å²) in [7, 11) is 1.62. The van der Waals surface area contributed by atoms with Crippen molar-refractivity contribution in [3.63, 3.8) is 0 Å². The van der Waals surface area contributed by atoms with Gasteiger partial charge < -0.3 is 9.64 Å². The van der Waals surface area contributed by atoms with E-state index in [0.717, 1.165) is 12.0 Å². The number of methoxy groups -OCH3 is 1. The van der Waals surface area contributed by atoms with Gasteiger partial charge in [-0.2, -0.15) is 0 Å². The maximum absolute atomic E-state index is 13.1. The van der Waals surface area contributed by atoms with Crippen molar-refractivity contribution in [2.75, 3.05) is 20.3 Å². The summed E-state index contributed by atoms with van der Waals surface area (Å²) in [5.41, 5.74) is 0.817. The first-order valence-corrected chi connectivity index (χ1v) is 6.18. The van der Waals surface area contributed by atoms with Crippen molar-refractivity contribution in [2.45, 2.75) is 26.3 Å². The van der Waals surface area contributed by atoms with E-state index in [0.29, 0.717) is 26.1 Å². The molecule has 0 aliphatic rings. The Hall–Kier alpha value is -1.42. The molecule has 0 N–H and O–H groups in total. The van der Waals surface area contributed by atoms with Crippen LogP contribution in [0.4, 0.5) is 4.39 Å². The number of amides is 1. The quantitative estimate of drug-likeness (QED) is 0.699. The normalized spacial score (nSPS) is 10.4. The molecule has 0 unspecified atom stereocenters. The van der Waals surface area contributed by atoms with E-state index in [1.807, 2.05) is 13.0 Å². The second-order valence-corrected chi connectivity index (χ2v) is 4.13. The van der Waals surface area contributed by atoms with Gasteiger partial charge in [0.2, 0.25) is 5.91 Å². The Bertz CT molecular complexity index is 382. The van der Waals surface area contributed by atoms with Gasteiger partial charge >= 0.3 is 0 Å². The molecule has 0 bridgehead atoms. The molecule has 4 heteroatoms. The molecule has 0 aromatic heterocycles. The van der Waals surface area contributed by atoms with E-state index in [1.54, 1.807) is 18.1 Å². The monoisotopic (exact) mass is 253 g/mol. The Kier molecular flexibility index (Phi) is 6.36. The molecular formula is C14H20FNO2. The zero-order valence-corrected chi connectivity index (χ0v) is 11.0. The highest BCUT2D eigenvalue weighted by molar-refractivity contribution is 5.76. The van der Waals surface area contributed by atoms with Crippen molar-refractivity contribution in [3.05, 3.63) is 35.6 Å². The molecule has 0 fully saturated rings. The van der Waals surface area contributed by atoms with E-state index in [9.17, 15) is 9.18 Å². The second kappa shape index (κ2) is 7.82. The van der Waals surface area contributed by atoms with E-state index in [4.69, 9.17) is 4.74 Å². The predicted molar refractivity (Wildman–Crippen MR) is 68.6 cm³/mol. The van der Waals surface area contributed by atoms with Gasteiger partial charge in [0.15, 0.2) is 0 Å². The summed E-state index contributed by atoms with van der Waals surface area (Å²) in [4.78, 5) is 13.6. The largest absolute Gasteiger partial charge is 0.385 e. The van der Waals surface area contributed by atoms with Gasteiger partial charge in [-0.15, -0.1) is 0 Å². The van der Waals surface area contributed by atoms with E-state index in [1.165, 1.54) is 12.1 Å². The fourth-order valence-corrected chi connectivity index (χ4v) is 1.76. The standard InChI is InChI=1S/C14H20FNO2/c1-3-16(14(17)8-5-9-18-2)11-12-6-4-7-13(15)10-12/h4,6-7,10H,3,5,8-9,11H2,1-2H3. The fourth-order valence-electron chi connectivity index (χ4n) is 1.76. The molecule has 0 aliphatic carbocycles. The van der Waals surface area contributed by atoms with Crippen LogP contribution in [0.2, 0.25) is 0 Å². The van der Waals surface area contributed by atoms with E-state index in [2.05, 4.69) is 0 Å². The Balaban J connectivity index is 2.53. The molecule has 0 saturated heterocycles.